The van der Waals surface area contributed by atoms with Gasteiger partial charge in [-0.25, -0.2) is 4.79 Å². The summed E-state index contributed by atoms with van der Waals surface area (Å²) in [6.45, 7) is 7.15. The molecule has 0 atom stereocenters. The van der Waals surface area contributed by atoms with E-state index in [-0.39, 0.29) is 23.1 Å². The number of rotatable bonds is 4. The number of carbonyl (C=O) groups is 2. The lowest BCUT2D eigenvalue weighted by Gasteiger charge is -2.36. The van der Waals surface area contributed by atoms with E-state index < -0.39 is 5.97 Å². The zero-order valence-corrected chi connectivity index (χ0v) is 16.1. The van der Waals surface area contributed by atoms with Crippen molar-refractivity contribution in [3.63, 3.8) is 0 Å². The monoisotopic (exact) mass is 370 g/mol. The van der Waals surface area contributed by atoms with Crippen molar-refractivity contribution in [2.75, 3.05) is 33.3 Å². The topological polar surface area (TPSA) is 70.1 Å². The Labute approximate surface area is 159 Å². The minimum Gasteiger partial charge on any atom is -0.507 e. The Bertz CT molecular complexity index is 855. The van der Waals surface area contributed by atoms with Gasteiger partial charge >= 0.3 is 5.97 Å². The predicted octanol–water partition coefficient (Wildman–Crippen LogP) is 2.63. The molecule has 0 unspecified atom stereocenters. The highest BCUT2D eigenvalue weighted by Crippen LogP contribution is 2.33. The van der Waals surface area contributed by atoms with E-state index in [4.69, 9.17) is 4.74 Å². The molecule has 6 heteroatoms. The Morgan fingerprint density at radius 1 is 1.15 bits per heavy atom. The molecule has 1 amide bonds. The fourth-order valence-corrected chi connectivity index (χ4v) is 3.55. The minimum absolute atomic E-state index is 0.00118. The van der Waals surface area contributed by atoms with Crippen LogP contribution in [-0.2, 0) is 16.1 Å². The number of carbonyl (C=O) groups excluding carboxylic acids is 2. The maximum atomic E-state index is 12.2. The van der Waals surface area contributed by atoms with Gasteiger partial charge in [0.25, 0.3) is 0 Å². The summed E-state index contributed by atoms with van der Waals surface area (Å²) < 4.78 is 4.82. The average molecular weight is 370 g/mol. The molecule has 1 N–H and O–H groups in total. The van der Waals surface area contributed by atoms with Crippen molar-refractivity contribution >= 4 is 22.6 Å². The van der Waals surface area contributed by atoms with Crippen molar-refractivity contribution in [2.24, 2.45) is 5.92 Å². The summed E-state index contributed by atoms with van der Waals surface area (Å²) >= 11 is 0. The summed E-state index contributed by atoms with van der Waals surface area (Å²) in [4.78, 5) is 28.3. The van der Waals surface area contributed by atoms with Gasteiger partial charge in [0.15, 0.2) is 0 Å². The molecule has 2 aromatic carbocycles. The van der Waals surface area contributed by atoms with E-state index in [9.17, 15) is 14.7 Å². The van der Waals surface area contributed by atoms with Gasteiger partial charge in [-0.3, -0.25) is 9.69 Å². The Morgan fingerprint density at radius 3 is 2.44 bits per heavy atom. The van der Waals surface area contributed by atoms with Crippen molar-refractivity contribution in [3.05, 3.63) is 41.5 Å². The van der Waals surface area contributed by atoms with Gasteiger partial charge in [0.05, 0.1) is 7.11 Å². The van der Waals surface area contributed by atoms with E-state index in [2.05, 4.69) is 4.90 Å². The quantitative estimate of drug-likeness (QED) is 0.838. The largest absolute Gasteiger partial charge is 0.507 e. The van der Waals surface area contributed by atoms with E-state index in [0.29, 0.717) is 19.6 Å². The maximum Gasteiger partial charge on any atom is 0.341 e. The maximum absolute atomic E-state index is 12.2. The highest BCUT2D eigenvalue weighted by Gasteiger charge is 2.25. The van der Waals surface area contributed by atoms with Crippen LogP contribution < -0.4 is 0 Å². The summed E-state index contributed by atoms with van der Waals surface area (Å²) in [6.07, 6.45) is 0. The smallest absolute Gasteiger partial charge is 0.341 e. The fourth-order valence-electron chi connectivity index (χ4n) is 3.55. The SMILES string of the molecule is COC(=O)c1cc2ccccc2c(CN2CCN(C(=O)C(C)C)CC2)c1O. The molecule has 2 aromatic rings. The van der Waals surface area contributed by atoms with Crippen LogP contribution in [0.15, 0.2) is 30.3 Å². The second-order valence-electron chi connectivity index (χ2n) is 7.22. The van der Waals surface area contributed by atoms with Gasteiger partial charge in [0, 0.05) is 44.2 Å². The van der Waals surface area contributed by atoms with Gasteiger partial charge in [0.1, 0.15) is 11.3 Å². The molecule has 1 aliphatic heterocycles. The van der Waals surface area contributed by atoms with Crippen LogP contribution in [0, 0.1) is 5.92 Å². The van der Waals surface area contributed by atoms with Crippen molar-refractivity contribution in [3.8, 4) is 5.75 Å². The molecule has 6 nitrogen and oxygen atoms in total. The number of phenolic OH excluding ortho intramolecular Hbond substituents is 1. The van der Waals surface area contributed by atoms with E-state index in [1.54, 1.807) is 6.07 Å². The molecule has 3 rings (SSSR count). The molecule has 1 aliphatic rings. The number of aromatic hydroxyl groups is 1. The van der Waals surface area contributed by atoms with Crippen LogP contribution in [0.2, 0.25) is 0 Å². The zero-order chi connectivity index (χ0) is 19.6. The average Bonchev–Trinajstić information content (AvgIpc) is 2.69. The number of amides is 1. The Morgan fingerprint density at radius 2 is 1.81 bits per heavy atom. The zero-order valence-electron chi connectivity index (χ0n) is 16.1. The number of benzene rings is 2. The number of methoxy groups -OCH3 is 1. The van der Waals surface area contributed by atoms with Crippen molar-refractivity contribution in [1.82, 2.24) is 9.80 Å². The molecule has 1 fully saturated rings. The first-order valence-electron chi connectivity index (χ1n) is 9.25. The molecule has 0 aromatic heterocycles. The number of hydrogen-bond acceptors (Lipinski definition) is 5. The van der Waals surface area contributed by atoms with Crippen LogP contribution in [0.4, 0.5) is 0 Å². The van der Waals surface area contributed by atoms with Gasteiger partial charge in [-0.15, -0.1) is 0 Å². The van der Waals surface area contributed by atoms with Gasteiger partial charge in [-0.1, -0.05) is 38.1 Å². The van der Waals surface area contributed by atoms with Gasteiger partial charge in [-0.2, -0.15) is 0 Å². The number of esters is 1. The first kappa shape index (κ1) is 19.2. The lowest BCUT2D eigenvalue weighted by atomic mass is 9.98. The van der Waals surface area contributed by atoms with Gasteiger partial charge < -0.3 is 14.7 Å². The number of phenols is 1. The van der Waals surface area contributed by atoms with Crippen LogP contribution in [-0.4, -0.2) is 60.1 Å². The van der Waals surface area contributed by atoms with E-state index in [1.165, 1.54) is 7.11 Å². The van der Waals surface area contributed by atoms with Crippen molar-refractivity contribution in [2.45, 2.75) is 20.4 Å². The van der Waals surface area contributed by atoms with E-state index in [0.717, 1.165) is 29.4 Å². The van der Waals surface area contributed by atoms with Crippen molar-refractivity contribution in [1.29, 1.82) is 0 Å². The normalized spacial score (nSPS) is 15.3. The number of hydrogen-bond donors (Lipinski definition) is 1. The first-order valence-corrected chi connectivity index (χ1v) is 9.25. The minimum atomic E-state index is -0.549. The van der Waals surface area contributed by atoms with Gasteiger partial charge in [-0.05, 0) is 16.8 Å². The second-order valence-corrected chi connectivity index (χ2v) is 7.22. The third kappa shape index (κ3) is 3.90. The molecular formula is C21H26N2O4. The summed E-state index contributed by atoms with van der Waals surface area (Å²) in [7, 11) is 1.31. The molecule has 0 bridgehead atoms. The summed E-state index contributed by atoms with van der Waals surface area (Å²) in [5.41, 5.74) is 0.900. The van der Waals surface area contributed by atoms with Crippen molar-refractivity contribution < 1.29 is 19.4 Å². The Balaban J connectivity index is 1.86. The first-order chi connectivity index (χ1) is 12.9. The number of ether oxygens (including phenoxy) is 1. The summed E-state index contributed by atoms with van der Waals surface area (Å²) in [5.74, 6) is -0.398. The molecule has 0 radical (unpaired) electrons. The van der Waals surface area contributed by atoms with Crippen LogP contribution in [0.1, 0.15) is 29.8 Å². The summed E-state index contributed by atoms with van der Waals surface area (Å²) in [6, 6.07) is 9.36. The van der Waals surface area contributed by atoms with Crippen LogP contribution in [0.25, 0.3) is 10.8 Å². The lowest BCUT2D eigenvalue weighted by molar-refractivity contribution is -0.136. The molecule has 1 saturated heterocycles. The lowest BCUT2D eigenvalue weighted by Crippen LogP contribution is -2.49. The number of piperazine rings is 1. The molecule has 144 valence electrons. The molecule has 1 heterocycles. The van der Waals surface area contributed by atoms with E-state index in [1.807, 2.05) is 43.0 Å². The Kier molecular flexibility index (Phi) is 5.65. The standard InChI is InChI=1S/C21H26N2O4/c1-14(2)20(25)23-10-8-22(9-11-23)13-18-16-7-5-4-6-15(16)12-17(19(18)24)21(26)27-3/h4-7,12,14,24H,8-11,13H2,1-3H3. The van der Waals surface area contributed by atoms with Crippen LogP contribution >= 0.6 is 0 Å². The van der Waals surface area contributed by atoms with Crippen LogP contribution in [0.5, 0.6) is 5.75 Å². The van der Waals surface area contributed by atoms with Gasteiger partial charge in [0.2, 0.25) is 5.91 Å². The molecule has 0 saturated carbocycles. The number of nitrogens with zero attached hydrogens (tertiary/aromatic N) is 2. The Hall–Kier alpha value is -2.60. The highest BCUT2D eigenvalue weighted by molar-refractivity contribution is 6.00. The second kappa shape index (κ2) is 7.96. The fraction of sp³-hybridized carbons (Fsp3) is 0.429. The third-order valence-electron chi connectivity index (χ3n) is 5.09. The highest BCUT2D eigenvalue weighted by atomic mass is 16.5. The van der Waals surface area contributed by atoms with E-state index >= 15 is 0 Å². The molecule has 0 spiro atoms. The third-order valence-corrected chi connectivity index (χ3v) is 5.09. The number of fused-ring (bicyclic) bond motifs is 1. The van der Waals surface area contributed by atoms with Crippen LogP contribution in [0.3, 0.4) is 0 Å². The molecule has 27 heavy (non-hydrogen) atoms. The summed E-state index contributed by atoms with van der Waals surface area (Å²) in [5, 5.41) is 12.5. The molecular weight excluding hydrogens is 344 g/mol. The predicted molar refractivity (Wildman–Crippen MR) is 104 cm³/mol. The molecule has 0 aliphatic carbocycles.